The molecule has 30 heavy (non-hydrogen) atoms. The Morgan fingerprint density at radius 1 is 1.17 bits per heavy atom. The molecule has 1 aliphatic heterocycles. The second-order valence-corrected chi connectivity index (χ2v) is 8.84. The van der Waals surface area contributed by atoms with E-state index >= 15 is 0 Å². The van der Waals surface area contributed by atoms with Crippen LogP contribution in [0.15, 0.2) is 29.4 Å². The van der Waals surface area contributed by atoms with Crippen molar-refractivity contribution in [3.8, 4) is 5.75 Å². The number of halogens is 1. The van der Waals surface area contributed by atoms with Crippen LogP contribution in [0.2, 0.25) is 5.02 Å². The average Bonchev–Trinajstić information content (AvgIpc) is 3.08. The maximum atomic E-state index is 12.5. The Bertz CT molecular complexity index is 1070. The summed E-state index contributed by atoms with van der Waals surface area (Å²) in [6.07, 6.45) is 1.99. The number of thioether (sulfide) groups is 1. The van der Waals surface area contributed by atoms with Gasteiger partial charge in [-0.2, -0.15) is 0 Å². The zero-order valence-electron chi connectivity index (χ0n) is 16.6. The van der Waals surface area contributed by atoms with Crippen LogP contribution in [-0.4, -0.2) is 86.2 Å². The molecule has 11 heteroatoms. The molecule has 3 heterocycles. The van der Waals surface area contributed by atoms with Crippen molar-refractivity contribution in [2.45, 2.75) is 5.16 Å². The Balaban J connectivity index is 1.42. The first-order valence-electron chi connectivity index (χ1n) is 9.34. The summed E-state index contributed by atoms with van der Waals surface area (Å²) in [6, 6.07) is 6.99. The summed E-state index contributed by atoms with van der Waals surface area (Å²) in [5, 5.41) is 1.53. The normalized spacial score (nSPS) is 14.4. The molecule has 0 aliphatic carbocycles. The molecule has 1 saturated heterocycles. The number of carbonyl (C=O) groups is 1. The summed E-state index contributed by atoms with van der Waals surface area (Å²) >= 11 is 9.85. The van der Waals surface area contributed by atoms with Gasteiger partial charge in [-0.25, -0.2) is 0 Å². The van der Waals surface area contributed by atoms with Crippen LogP contribution in [0.25, 0.3) is 11.2 Å². The molecular formula is C19H20AsClN6O2S. The topological polar surface area (TPSA) is 76.4 Å². The molecule has 0 atom stereocenters. The van der Waals surface area contributed by atoms with Crippen molar-refractivity contribution in [1.29, 1.82) is 0 Å². The van der Waals surface area contributed by atoms with E-state index in [9.17, 15) is 4.79 Å². The number of anilines is 1. The van der Waals surface area contributed by atoms with Crippen molar-refractivity contribution in [2.75, 3.05) is 43.9 Å². The Morgan fingerprint density at radius 3 is 2.53 bits per heavy atom. The van der Waals surface area contributed by atoms with E-state index in [1.807, 2.05) is 22.8 Å². The summed E-state index contributed by atoms with van der Waals surface area (Å²) in [4.78, 5) is 30.4. The molecule has 0 spiro atoms. The van der Waals surface area contributed by atoms with Crippen molar-refractivity contribution >= 4 is 67.7 Å². The monoisotopic (exact) mass is 506 g/mol. The Hall–Kier alpha value is -1.96. The number of fused-ring (bicyclic) bond motifs is 1. The molecule has 0 saturated carbocycles. The van der Waals surface area contributed by atoms with E-state index in [0.29, 0.717) is 41.6 Å². The number of imidazole rings is 1. The number of aromatic nitrogens is 4. The van der Waals surface area contributed by atoms with Gasteiger partial charge in [-0.3, -0.25) is 0 Å². The number of hydrogen-bond acceptors (Lipinski definition) is 7. The van der Waals surface area contributed by atoms with Crippen molar-refractivity contribution in [3.05, 3.63) is 29.3 Å². The molecule has 8 nitrogen and oxygen atoms in total. The third-order valence-corrected chi connectivity index (χ3v) is 6.34. The fourth-order valence-electron chi connectivity index (χ4n) is 3.35. The van der Waals surface area contributed by atoms with Crippen LogP contribution in [0, 0.1) is 0 Å². The van der Waals surface area contributed by atoms with Crippen molar-refractivity contribution in [2.24, 2.45) is 7.05 Å². The van der Waals surface area contributed by atoms with Gasteiger partial charge in [0.25, 0.3) is 0 Å². The molecule has 0 unspecified atom stereocenters. The first-order chi connectivity index (χ1) is 14.5. The van der Waals surface area contributed by atoms with Crippen LogP contribution >= 0.6 is 23.4 Å². The zero-order chi connectivity index (χ0) is 21.3. The van der Waals surface area contributed by atoms with Crippen LogP contribution in [-0.2, 0) is 11.8 Å². The van der Waals surface area contributed by atoms with Crippen LogP contribution in [0.3, 0.4) is 0 Å². The van der Waals surface area contributed by atoms with Gasteiger partial charge in [0.05, 0.1) is 0 Å². The van der Waals surface area contributed by atoms with Gasteiger partial charge in [0.2, 0.25) is 0 Å². The molecule has 2 radical (unpaired) electrons. The summed E-state index contributed by atoms with van der Waals surface area (Å²) in [7, 11) is 1.96. The van der Waals surface area contributed by atoms with Gasteiger partial charge < -0.3 is 0 Å². The van der Waals surface area contributed by atoms with Crippen LogP contribution < -0.4 is 14.2 Å². The van der Waals surface area contributed by atoms with Crippen molar-refractivity contribution in [1.82, 2.24) is 24.4 Å². The van der Waals surface area contributed by atoms with Gasteiger partial charge in [0.15, 0.2) is 0 Å². The summed E-state index contributed by atoms with van der Waals surface area (Å²) in [6.45, 7) is 2.56. The van der Waals surface area contributed by atoms with Crippen LogP contribution in [0.1, 0.15) is 0 Å². The number of benzene rings is 1. The number of aryl methyl sites for hydroxylation is 1. The van der Waals surface area contributed by atoms with Gasteiger partial charge in [0, 0.05) is 5.02 Å². The summed E-state index contributed by atoms with van der Waals surface area (Å²) in [5.74, 6) is 1.41. The average molecular weight is 507 g/mol. The molecule has 1 aliphatic rings. The second kappa shape index (κ2) is 9.04. The summed E-state index contributed by atoms with van der Waals surface area (Å²) in [5.41, 5.74) is 1.61. The predicted octanol–water partition coefficient (Wildman–Crippen LogP) is 1.26. The SMILES string of the molecule is CSc1nc2c(N3CCN(C(=O)COc4ccc(Cl)cc4)CC3)nc([As])nc2n1C. The Labute approximate surface area is 192 Å². The Kier molecular flexibility index (Phi) is 6.41. The van der Waals surface area contributed by atoms with E-state index in [1.54, 1.807) is 36.0 Å². The van der Waals surface area contributed by atoms with Crippen LogP contribution in [0.4, 0.5) is 5.82 Å². The molecule has 0 bridgehead atoms. The second-order valence-electron chi connectivity index (χ2n) is 6.79. The number of carbonyl (C=O) groups excluding carboxylic acids is 1. The Morgan fingerprint density at radius 2 is 1.87 bits per heavy atom. The van der Waals surface area contributed by atoms with E-state index in [-0.39, 0.29) is 12.5 Å². The molecule has 1 aromatic carbocycles. The minimum atomic E-state index is -0.0345. The molecule has 1 amide bonds. The minimum absolute atomic E-state index is 0.00724. The number of amides is 1. The number of nitrogens with zero attached hydrogens (tertiary/aromatic N) is 6. The van der Waals surface area contributed by atoms with E-state index in [2.05, 4.69) is 31.7 Å². The first-order valence-corrected chi connectivity index (χ1v) is 11.9. The van der Waals surface area contributed by atoms with Crippen LogP contribution in [0.5, 0.6) is 5.75 Å². The summed E-state index contributed by atoms with van der Waals surface area (Å²) < 4.78 is 8.22. The number of rotatable bonds is 5. The molecule has 156 valence electrons. The van der Waals surface area contributed by atoms with Gasteiger partial charge >= 0.3 is 164 Å². The predicted molar refractivity (Wildman–Crippen MR) is 119 cm³/mol. The van der Waals surface area contributed by atoms with Gasteiger partial charge in [-0.1, -0.05) is 11.6 Å². The fraction of sp³-hybridized carbons (Fsp3) is 0.368. The molecule has 1 fully saturated rings. The van der Waals surface area contributed by atoms with Crippen molar-refractivity contribution < 1.29 is 9.53 Å². The molecule has 3 aromatic rings. The van der Waals surface area contributed by atoms with E-state index in [4.69, 9.17) is 21.3 Å². The van der Waals surface area contributed by atoms with E-state index in [1.165, 1.54) is 0 Å². The molecule has 0 N–H and O–H groups in total. The molecular weight excluding hydrogens is 487 g/mol. The standard InChI is InChI=1S/C19H20AsClN6O2S/c1-25-16-15(22-19(25)30-2)17(24-18(20)23-16)27-9-7-26(8-10-27)14(28)11-29-13-5-3-12(21)4-6-13/h3-6H,7-11H2,1-2H3. The van der Waals surface area contributed by atoms with E-state index in [0.717, 1.165) is 22.1 Å². The fourth-order valence-corrected chi connectivity index (χ4v) is 4.42. The molecule has 4 rings (SSSR count). The van der Waals surface area contributed by atoms with E-state index < -0.39 is 0 Å². The zero-order valence-corrected chi connectivity index (χ0v) is 20.0. The number of piperazine rings is 1. The third kappa shape index (κ3) is 4.38. The first kappa shape index (κ1) is 21.3. The number of hydrogen-bond donors (Lipinski definition) is 0. The number of ether oxygens (including phenoxy) is 1. The molecule has 2 aromatic heterocycles. The third-order valence-electron chi connectivity index (χ3n) is 4.94. The van der Waals surface area contributed by atoms with Gasteiger partial charge in [-0.15, -0.1) is 0 Å². The quantitative estimate of drug-likeness (QED) is 0.381. The van der Waals surface area contributed by atoms with Gasteiger partial charge in [0.1, 0.15) is 0 Å². The maximum absolute atomic E-state index is 12.5. The van der Waals surface area contributed by atoms with Crippen molar-refractivity contribution in [3.63, 3.8) is 0 Å². The van der Waals surface area contributed by atoms with Gasteiger partial charge in [-0.05, 0) is 12.1 Å².